The van der Waals surface area contributed by atoms with Crippen molar-refractivity contribution in [3.8, 4) is 0 Å². The number of carbonyl (C=O) groups is 1. The average molecular weight is 420 g/mol. The Morgan fingerprint density at radius 2 is 1.85 bits per heavy atom. The zero-order valence-electron chi connectivity index (χ0n) is 16.1. The highest BCUT2D eigenvalue weighted by molar-refractivity contribution is 7.86. The summed E-state index contributed by atoms with van der Waals surface area (Å²) in [4.78, 5) is 12.6. The van der Waals surface area contributed by atoms with Gasteiger partial charge in [0.1, 0.15) is 6.61 Å². The molecule has 1 rings (SSSR count). The van der Waals surface area contributed by atoms with Gasteiger partial charge in [-0.2, -0.15) is 8.42 Å². The van der Waals surface area contributed by atoms with Crippen molar-refractivity contribution in [3.05, 3.63) is 35.9 Å². The zero-order chi connectivity index (χ0) is 20.3. The molecule has 9 heteroatoms. The summed E-state index contributed by atoms with van der Waals surface area (Å²) in [6, 6.07) is 9.77. The molecule has 0 aliphatic rings. The molecule has 0 saturated carbocycles. The molecular formula is C18H29O7PS. The Balaban J connectivity index is 3.02. The molecule has 0 aliphatic carbocycles. The van der Waals surface area contributed by atoms with Crippen LogP contribution in [0.2, 0.25) is 0 Å². The molecule has 0 fully saturated rings. The highest BCUT2D eigenvalue weighted by atomic mass is 32.2. The monoisotopic (exact) mass is 420 g/mol. The number of rotatable bonds is 13. The molecule has 0 bridgehead atoms. The Kier molecular flexibility index (Phi) is 10.2. The van der Waals surface area contributed by atoms with Gasteiger partial charge in [-0.1, -0.05) is 30.3 Å². The number of hydrogen-bond donors (Lipinski definition) is 0. The van der Waals surface area contributed by atoms with Crippen molar-refractivity contribution in [3.63, 3.8) is 0 Å². The quantitative estimate of drug-likeness (QED) is 0.275. The molecule has 0 radical (unpaired) electrons. The summed E-state index contributed by atoms with van der Waals surface area (Å²) in [7, 11) is -5.44. The molecule has 0 aromatic heterocycles. The summed E-state index contributed by atoms with van der Waals surface area (Å²) < 4.78 is 50.6. The predicted molar refractivity (Wildman–Crippen MR) is 105 cm³/mol. The second-order valence-electron chi connectivity index (χ2n) is 6.15. The van der Waals surface area contributed by atoms with Crippen molar-refractivity contribution in [1.82, 2.24) is 0 Å². The molecule has 1 aromatic carbocycles. The van der Waals surface area contributed by atoms with Gasteiger partial charge < -0.3 is 14.0 Å². The first-order chi connectivity index (χ1) is 12.8. The van der Waals surface area contributed by atoms with Gasteiger partial charge in [-0.25, -0.2) is 0 Å². The molecule has 27 heavy (non-hydrogen) atoms. The molecule has 3 unspecified atom stereocenters. The lowest BCUT2D eigenvalue weighted by Crippen LogP contribution is -2.45. The molecule has 0 amide bonds. The van der Waals surface area contributed by atoms with Crippen molar-refractivity contribution < 1.29 is 31.4 Å². The molecule has 0 aliphatic heterocycles. The number of esters is 1. The van der Waals surface area contributed by atoms with E-state index in [0.717, 1.165) is 18.2 Å². The van der Waals surface area contributed by atoms with E-state index in [2.05, 4.69) is 0 Å². The lowest BCUT2D eigenvalue weighted by atomic mass is 9.94. The average Bonchev–Trinajstić information content (AvgIpc) is 2.63. The lowest BCUT2D eigenvalue weighted by Gasteiger charge is -2.34. The number of aryl methyl sites for hydroxylation is 1. The van der Waals surface area contributed by atoms with Crippen LogP contribution in [0, 0.1) is 5.92 Å². The van der Waals surface area contributed by atoms with Crippen molar-refractivity contribution in [2.75, 3.05) is 26.1 Å². The van der Waals surface area contributed by atoms with E-state index >= 15 is 0 Å². The van der Waals surface area contributed by atoms with Gasteiger partial charge in [-0.3, -0.25) is 8.98 Å². The molecule has 0 saturated heterocycles. The van der Waals surface area contributed by atoms with Crippen LogP contribution in [-0.2, 0) is 39.6 Å². The van der Waals surface area contributed by atoms with Gasteiger partial charge in [-0.15, -0.1) is 0 Å². The molecular weight excluding hydrogens is 391 g/mol. The van der Waals surface area contributed by atoms with Gasteiger partial charge in [0.15, 0.2) is 5.34 Å². The maximum Gasteiger partial charge on any atom is 0.312 e. The Morgan fingerprint density at radius 1 is 1.19 bits per heavy atom. The van der Waals surface area contributed by atoms with E-state index in [0.29, 0.717) is 12.8 Å². The molecule has 7 nitrogen and oxygen atoms in total. The van der Waals surface area contributed by atoms with E-state index in [-0.39, 0.29) is 13.2 Å². The third-order valence-electron chi connectivity index (χ3n) is 4.07. The predicted octanol–water partition coefficient (Wildman–Crippen LogP) is 2.65. The third-order valence-corrected chi connectivity index (χ3v) is 5.75. The summed E-state index contributed by atoms with van der Waals surface area (Å²) in [5.74, 6) is -1.44. The molecule has 0 heterocycles. The molecule has 0 spiro atoms. The smallest absolute Gasteiger partial charge is 0.312 e. The maximum absolute atomic E-state index is 12.6. The second kappa shape index (κ2) is 11.6. The van der Waals surface area contributed by atoms with Crippen LogP contribution in [0.25, 0.3) is 0 Å². The summed E-state index contributed by atoms with van der Waals surface area (Å²) in [5.41, 5.74) is 1.11. The van der Waals surface area contributed by atoms with Gasteiger partial charge in [0.05, 0.1) is 27.2 Å². The van der Waals surface area contributed by atoms with E-state index in [4.69, 9.17) is 13.7 Å². The van der Waals surface area contributed by atoms with Crippen LogP contribution in [-0.4, -0.2) is 45.8 Å². The minimum Gasteiger partial charge on any atom is -0.466 e. The van der Waals surface area contributed by atoms with Crippen molar-refractivity contribution in [2.45, 2.75) is 38.5 Å². The zero-order valence-corrected chi connectivity index (χ0v) is 18.0. The molecule has 1 aromatic rings. The summed E-state index contributed by atoms with van der Waals surface area (Å²) >= 11 is 0. The van der Waals surface area contributed by atoms with Crippen LogP contribution in [0.15, 0.2) is 30.3 Å². The number of ether oxygens (including phenoxy) is 2. The SMILES string of the molecule is CCOC(=O)C(CCCc1ccccc1)C(COS(C)(=O)=O)(OCC)[PH2]=O. The summed E-state index contributed by atoms with van der Waals surface area (Å²) in [6.45, 7) is 3.22. The minimum absolute atomic E-state index is 0.164. The Labute approximate surface area is 162 Å². The van der Waals surface area contributed by atoms with E-state index < -0.39 is 42.4 Å². The Bertz CT molecular complexity index is 693. The highest BCUT2D eigenvalue weighted by Crippen LogP contribution is 2.38. The van der Waals surface area contributed by atoms with Gasteiger partial charge in [0, 0.05) is 6.61 Å². The van der Waals surface area contributed by atoms with E-state index in [1.54, 1.807) is 13.8 Å². The van der Waals surface area contributed by atoms with Gasteiger partial charge in [0.25, 0.3) is 10.1 Å². The fraction of sp³-hybridized carbons (Fsp3) is 0.611. The fourth-order valence-corrected chi connectivity index (χ4v) is 4.19. The van der Waals surface area contributed by atoms with Crippen molar-refractivity contribution >= 4 is 24.5 Å². The topological polar surface area (TPSA) is 96.0 Å². The van der Waals surface area contributed by atoms with Gasteiger partial charge >= 0.3 is 5.97 Å². The highest BCUT2D eigenvalue weighted by Gasteiger charge is 2.45. The van der Waals surface area contributed by atoms with Crippen molar-refractivity contribution in [1.29, 1.82) is 0 Å². The molecule has 0 N–H and O–H groups in total. The summed E-state index contributed by atoms with van der Waals surface area (Å²) in [6.07, 6.45) is 2.59. The van der Waals surface area contributed by atoms with Crippen LogP contribution >= 0.6 is 8.46 Å². The second-order valence-corrected chi connectivity index (χ2v) is 9.01. The minimum atomic E-state index is -3.78. The number of hydrogen-bond acceptors (Lipinski definition) is 7. The fourth-order valence-electron chi connectivity index (χ4n) is 2.82. The van der Waals surface area contributed by atoms with Crippen LogP contribution < -0.4 is 0 Å². The first kappa shape index (κ1) is 23.8. The largest absolute Gasteiger partial charge is 0.466 e. The maximum atomic E-state index is 12.6. The normalized spacial score (nSPS) is 15.5. The lowest BCUT2D eigenvalue weighted by molar-refractivity contribution is -0.158. The third kappa shape index (κ3) is 8.13. The van der Waals surface area contributed by atoms with Crippen LogP contribution in [0.4, 0.5) is 0 Å². The van der Waals surface area contributed by atoms with E-state index in [1.165, 1.54) is 0 Å². The van der Waals surface area contributed by atoms with Crippen molar-refractivity contribution in [2.24, 2.45) is 5.92 Å². The standard InChI is InChI=1S/C18H29O7PS/c1-4-23-17(19)16(13-9-12-15-10-7-6-8-11-15)18(26-20,24-5-2)14-25-27(3,21)22/h6-8,10-11,16H,4-5,9,12-14,26H2,1-3H3. The number of benzene rings is 1. The first-order valence-corrected chi connectivity index (χ1v) is 11.8. The molecule has 154 valence electrons. The van der Waals surface area contributed by atoms with Gasteiger partial charge in [-0.05, 0) is 38.7 Å². The summed E-state index contributed by atoms with van der Waals surface area (Å²) in [5, 5.41) is -1.51. The van der Waals surface area contributed by atoms with E-state index in [1.807, 2.05) is 30.3 Å². The van der Waals surface area contributed by atoms with Crippen LogP contribution in [0.5, 0.6) is 0 Å². The Morgan fingerprint density at radius 3 is 2.37 bits per heavy atom. The Hall–Kier alpha value is -1.21. The van der Waals surface area contributed by atoms with Crippen LogP contribution in [0.1, 0.15) is 32.3 Å². The number of carbonyl (C=O) groups excluding carboxylic acids is 1. The molecule has 3 atom stereocenters. The first-order valence-electron chi connectivity index (χ1n) is 8.93. The van der Waals surface area contributed by atoms with Crippen LogP contribution in [0.3, 0.4) is 0 Å². The van der Waals surface area contributed by atoms with E-state index in [9.17, 15) is 17.8 Å². The van der Waals surface area contributed by atoms with Gasteiger partial charge in [0.2, 0.25) is 0 Å².